The first kappa shape index (κ1) is 27.8. The van der Waals surface area contributed by atoms with Crippen LogP contribution in [0, 0.1) is 0 Å². The third-order valence-corrected chi connectivity index (χ3v) is 7.34. The molecule has 7 nitrogen and oxygen atoms in total. The van der Waals surface area contributed by atoms with Gasteiger partial charge in [-0.05, 0) is 100 Å². The molecule has 1 amide bonds. The molecule has 4 rings (SSSR count). The van der Waals surface area contributed by atoms with Crippen molar-refractivity contribution < 1.29 is 23.8 Å². The zero-order valence-corrected chi connectivity index (χ0v) is 24.0. The number of aliphatic imine (C=N–C) groups is 1. The van der Waals surface area contributed by atoms with Gasteiger partial charge in [0.05, 0.1) is 34.3 Å². The molecule has 0 spiro atoms. The SMILES string of the molecule is CCOc1cc(/C=C2\SC(=Nc3ccc(C(=O)OC)cc3)N(C)C2=O)cc(Br)c1OCc1ccc(Cl)cc1. The van der Waals surface area contributed by atoms with Crippen LogP contribution in [-0.4, -0.2) is 42.7 Å². The van der Waals surface area contributed by atoms with Crippen LogP contribution in [0.15, 0.2) is 75.0 Å². The van der Waals surface area contributed by atoms with Crippen LogP contribution in [0.25, 0.3) is 6.08 Å². The van der Waals surface area contributed by atoms with Crippen molar-refractivity contribution in [1.29, 1.82) is 0 Å². The number of carbonyl (C=O) groups excluding carboxylic acids is 2. The summed E-state index contributed by atoms with van der Waals surface area (Å²) in [6.07, 6.45) is 1.79. The number of nitrogens with zero attached hydrogens (tertiary/aromatic N) is 2. The van der Waals surface area contributed by atoms with Gasteiger partial charge in [0.1, 0.15) is 6.61 Å². The molecule has 1 aliphatic rings. The molecule has 0 aromatic heterocycles. The van der Waals surface area contributed by atoms with Crippen molar-refractivity contribution in [1.82, 2.24) is 4.90 Å². The normalized spacial score (nSPS) is 15.3. The number of hydrogen-bond acceptors (Lipinski definition) is 7. The molecule has 10 heteroatoms. The molecule has 3 aromatic carbocycles. The third-order valence-electron chi connectivity index (χ3n) is 5.44. The van der Waals surface area contributed by atoms with Gasteiger partial charge in [-0.1, -0.05) is 23.7 Å². The van der Waals surface area contributed by atoms with E-state index in [9.17, 15) is 9.59 Å². The van der Waals surface area contributed by atoms with Gasteiger partial charge in [-0.3, -0.25) is 9.69 Å². The number of amides is 1. The van der Waals surface area contributed by atoms with Crippen molar-refractivity contribution in [2.75, 3.05) is 20.8 Å². The molecule has 0 unspecified atom stereocenters. The second kappa shape index (κ2) is 12.5. The predicted molar refractivity (Wildman–Crippen MR) is 154 cm³/mol. The number of esters is 1. The quantitative estimate of drug-likeness (QED) is 0.199. The second-order valence-electron chi connectivity index (χ2n) is 8.09. The minimum Gasteiger partial charge on any atom is -0.490 e. The van der Waals surface area contributed by atoms with E-state index in [-0.39, 0.29) is 5.91 Å². The molecule has 196 valence electrons. The van der Waals surface area contributed by atoms with Crippen molar-refractivity contribution in [3.05, 3.63) is 91.8 Å². The lowest BCUT2D eigenvalue weighted by atomic mass is 10.1. The fourth-order valence-electron chi connectivity index (χ4n) is 3.51. The van der Waals surface area contributed by atoms with E-state index < -0.39 is 5.97 Å². The maximum atomic E-state index is 13.0. The van der Waals surface area contributed by atoms with E-state index in [0.29, 0.717) is 55.5 Å². The van der Waals surface area contributed by atoms with E-state index >= 15 is 0 Å². The monoisotopic (exact) mass is 614 g/mol. The van der Waals surface area contributed by atoms with Crippen LogP contribution in [0.3, 0.4) is 0 Å². The van der Waals surface area contributed by atoms with Crippen molar-refractivity contribution >= 4 is 68.1 Å². The van der Waals surface area contributed by atoms with Crippen molar-refractivity contribution in [3.63, 3.8) is 0 Å². The number of carbonyl (C=O) groups is 2. The summed E-state index contributed by atoms with van der Waals surface area (Å²) in [5.41, 5.74) is 2.78. The number of halogens is 2. The average Bonchev–Trinajstić information content (AvgIpc) is 3.17. The van der Waals surface area contributed by atoms with E-state index in [2.05, 4.69) is 20.9 Å². The third kappa shape index (κ3) is 6.59. The minimum absolute atomic E-state index is 0.169. The van der Waals surface area contributed by atoms with E-state index in [1.54, 1.807) is 37.4 Å². The molecule has 38 heavy (non-hydrogen) atoms. The Bertz CT molecular complexity index is 1410. The molecule has 1 saturated heterocycles. The van der Waals surface area contributed by atoms with Crippen LogP contribution in [0.2, 0.25) is 5.02 Å². The molecule has 1 aliphatic heterocycles. The summed E-state index contributed by atoms with van der Waals surface area (Å²) in [5.74, 6) is 0.545. The highest BCUT2D eigenvalue weighted by Crippen LogP contribution is 2.40. The van der Waals surface area contributed by atoms with Gasteiger partial charge >= 0.3 is 5.97 Å². The highest BCUT2D eigenvalue weighted by atomic mass is 79.9. The largest absolute Gasteiger partial charge is 0.490 e. The van der Waals surface area contributed by atoms with E-state index in [0.717, 1.165) is 11.1 Å². The van der Waals surface area contributed by atoms with E-state index in [1.165, 1.54) is 23.8 Å². The Labute approximate surface area is 238 Å². The van der Waals surface area contributed by atoms with Gasteiger partial charge in [0, 0.05) is 12.1 Å². The second-order valence-corrected chi connectivity index (χ2v) is 10.4. The number of likely N-dealkylation sites (N-methyl/N-ethyl adjacent to an activating group) is 1. The molecular formula is C28H24BrClN2O5S. The first-order valence-electron chi connectivity index (χ1n) is 11.6. The van der Waals surface area contributed by atoms with Gasteiger partial charge in [0.25, 0.3) is 5.91 Å². The topological polar surface area (TPSA) is 77.4 Å². The minimum atomic E-state index is -0.420. The van der Waals surface area contributed by atoms with E-state index in [1.807, 2.05) is 43.3 Å². The number of ether oxygens (including phenoxy) is 3. The molecular weight excluding hydrogens is 592 g/mol. The lowest BCUT2D eigenvalue weighted by Gasteiger charge is -2.15. The molecule has 1 heterocycles. The van der Waals surface area contributed by atoms with Crippen LogP contribution < -0.4 is 9.47 Å². The number of hydrogen-bond donors (Lipinski definition) is 0. The predicted octanol–water partition coefficient (Wildman–Crippen LogP) is 7.10. The lowest BCUT2D eigenvalue weighted by Crippen LogP contribution is -2.23. The van der Waals surface area contributed by atoms with Gasteiger partial charge in [-0.2, -0.15) is 0 Å². The molecule has 0 bridgehead atoms. The van der Waals surface area contributed by atoms with Crippen LogP contribution in [-0.2, 0) is 16.1 Å². The Balaban J connectivity index is 1.55. The van der Waals surface area contributed by atoms with Gasteiger partial charge in [0.15, 0.2) is 16.7 Å². The van der Waals surface area contributed by atoms with Gasteiger partial charge in [-0.15, -0.1) is 0 Å². The molecule has 0 atom stereocenters. The number of thioether (sulfide) groups is 1. The Morgan fingerprint density at radius 1 is 1.11 bits per heavy atom. The average molecular weight is 616 g/mol. The first-order valence-corrected chi connectivity index (χ1v) is 13.6. The summed E-state index contributed by atoms with van der Waals surface area (Å²) in [6, 6.07) is 17.8. The highest BCUT2D eigenvalue weighted by Gasteiger charge is 2.30. The van der Waals surface area contributed by atoms with Crippen molar-refractivity contribution in [3.8, 4) is 11.5 Å². The maximum Gasteiger partial charge on any atom is 0.337 e. The first-order chi connectivity index (χ1) is 18.3. The zero-order valence-electron chi connectivity index (χ0n) is 20.9. The smallest absolute Gasteiger partial charge is 0.337 e. The number of methoxy groups -OCH3 is 1. The summed E-state index contributed by atoms with van der Waals surface area (Å²) in [5, 5.41) is 1.19. The molecule has 0 N–H and O–H groups in total. The fourth-order valence-corrected chi connectivity index (χ4v) is 5.20. The standard InChI is InChI=1S/C28H24BrClN2O5S/c1-4-36-23-14-18(13-22(29)25(23)37-16-17-5-9-20(30)10-6-17)15-24-26(33)32(2)28(38-24)31-21-11-7-19(8-12-21)27(34)35-3/h5-15H,4,16H2,1-3H3/b24-15-,31-28?. The van der Waals surface area contributed by atoms with Gasteiger partial charge in [-0.25, -0.2) is 9.79 Å². The van der Waals surface area contributed by atoms with E-state index in [4.69, 9.17) is 25.8 Å². The van der Waals surface area contributed by atoms with Crippen LogP contribution in [0.4, 0.5) is 5.69 Å². The van der Waals surface area contributed by atoms with Crippen LogP contribution in [0.5, 0.6) is 11.5 Å². The summed E-state index contributed by atoms with van der Waals surface area (Å²) >= 11 is 10.8. The summed E-state index contributed by atoms with van der Waals surface area (Å²) in [6.45, 7) is 2.69. The maximum absolute atomic E-state index is 13.0. The summed E-state index contributed by atoms with van der Waals surface area (Å²) < 4.78 is 17.3. The lowest BCUT2D eigenvalue weighted by molar-refractivity contribution is -0.121. The molecule has 0 radical (unpaired) electrons. The summed E-state index contributed by atoms with van der Waals surface area (Å²) in [4.78, 5) is 31.2. The fraction of sp³-hybridized carbons (Fsp3) is 0.179. The van der Waals surface area contributed by atoms with Crippen LogP contribution in [0.1, 0.15) is 28.4 Å². The number of benzene rings is 3. The highest BCUT2D eigenvalue weighted by molar-refractivity contribution is 9.10. The molecule has 0 saturated carbocycles. The Hall–Kier alpha value is -3.27. The van der Waals surface area contributed by atoms with Crippen LogP contribution >= 0.6 is 39.3 Å². The van der Waals surface area contributed by atoms with Crippen molar-refractivity contribution in [2.45, 2.75) is 13.5 Å². The molecule has 1 fully saturated rings. The van der Waals surface area contributed by atoms with Gasteiger partial charge in [0.2, 0.25) is 0 Å². The number of rotatable bonds is 8. The Morgan fingerprint density at radius 2 is 1.82 bits per heavy atom. The Morgan fingerprint density at radius 3 is 2.47 bits per heavy atom. The van der Waals surface area contributed by atoms with Gasteiger partial charge < -0.3 is 14.2 Å². The Kier molecular flexibility index (Phi) is 9.14. The number of amidine groups is 1. The molecule has 0 aliphatic carbocycles. The molecule has 3 aromatic rings. The van der Waals surface area contributed by atoms with Crippen molar-refractivity contribution in [2.24, 2.45) is 4.99 Å². The summed E-state index contributed by atoms with van der Waals surface area (Å²) in [7, 11) is 3.00. The zero-order chi connectivity index (χ0) is 27.2.